The lowest BCUT2D eigenvalue weighted by Gasteiger charge is -2.33. The van der Waals surface area contributed by atoms with Crippen molar-refractivity contribution in [1.29, 1.82) is 0 Å². The van der Waals surface area contributed by atoms with E-state index in [1.165, 1.54) is 5.56 Å². The van der Waals surface area contributed by atoms with Crippen LogP contribution in [0.15, 0.2) is 24.8 Å². The van der Waals surface area contributed by atoms with Crippen LogP contribution in [0.25, 0.3) is 0 Å². The van der Waals surface area contributed by atoms with Gasteiger partial charge in [0.05, 0.1) is 0 Å². The molecule has 3 aromatic rings. The number of rotatable bonds is 5. The van der Waals surface area contributed by atoms with E-state index >= 15 is 0 Å². The summed E-state index contributed by atoms with van der Waals surface area (Å²) in [5.41, 5.74) is 2.23. The smallest absolute Gasteiger partial charge is 0.154 e. The third-order valence-electron chi connectivity index (χ3n) is 5.50. The Kier molecular flexibility index (Phi) is 4.87. The first-order valence-electron chi connectivity index (χ1n) is 9.60. The number of piperidine rings is 1. The molecular weight excluding hydrogens is 340 g/mol. The summed E-state index contributed by atoms with van der Waals surface area (Å²) in [5, 5.41) is 13.3. The Balaban J connectivity index is 1.48. The molecule has 0 spiro atoms. The van der Waals surface area contributed by atoms with Crippen molar-refractivity contribution in [2.75, 3.05) is 18.0 Å². The summed E-state index contributed by atoms with van der Waals surface area (Å²) < 4.78 is 4.14. The van der Waals surface area contributed by atoms with Gasteiger partial charge >= 0.3 is 0 Å². The molecule has 1 aliphatic heterocycles. The number of hydrogen-bond acceptors (Lipinski definition) is 6. The largest absolute Gasteiger partial charge is 0.356 e. The topological polar surface area (TPSA) is 77.5 Å². The van der Waals surface area contributed by atoms with E-state index in [1.54, 1.807) is 12.5 Å². The molecule has 4 heterocycles. The van der Waals surface area contributed by atoms with Crippen molar-refractivity contribution >= 4 is 5.82 Å². The fourth-order valence-corrected chi connectivity index (χ4v) is 3.85. The quantitative estimate of drug-likeness (QED) is 0.690. The molecule has 4 rings (SSSR count). The molecule has 0 N–H and O–H groups in total. The first kappa shape index (κ1) is 17.6. The number of hydrogen-bond donors (Lipinski definition) is 0. The fraction of sp³-hybridized carbons (Fsp3) is 0.526. The highest BCUT2D eigenvalue weighted by Crippen LogP contribution is 2.30. The zero-order valence-electron chi connectivity index (χ0n) is 16.2. The van der Waals surface area contributed by atoms with Crippen molar-refractivity contribution in [2.45, 2.75) is 52.6 Å². The Morgan fingerprint density at radius 1 is 1.11 bits per heavy atom. The van der Waals surface area contributed by atoms with Gasteiger partial charge in [0, 0.05) is 49.2 Å². The van der Waals surface area contributed by atoms with E-state index in [1.807, 2.05) is 23.9 Å². The Morgan fingerprint density at radius 2 is 1.93 bits per heavy atom. The van der Waals surface area contributed by atoms with Gasteiger partial charge in [-0.2, -0.15) is 5.10 Å². The molecule has 0 aliphatic carbocycles. The molecule has 8 heteroatoms. The van der Waals surface area contributed by atoms with Gasteiger partial charge in [0.15, 0.2) is 5.82 Å². The van der Waals surface area contributed by atoms with Crippen molar-refractivity contribution in [3.8, 4) is 0 Å². The Morgan fingerprint density at radius 3 is 2.63 bits per heavy atom. The van der Waals surface area contributed by atoms with Gasteiger partial charge in [-0.3, -0.25) is 4.68 Å². The molecular formula is C19H26N8. The second-order valence-corrected chi connectivity index (χ2v) is 7.09. The molecule has 0 radical (unpaired) electrons. The summed E-state index contributed by atoms with van der Waals surface area (Å²) in [6.45, 7) is 9.79. The average Bonchev–Trinajstić information content (AvgIpc) is 3.34. The first-order chi connectivity index (χ1) is 13.2. The van der Waals surface area contributed by atoms with Crippen LogP contribution >= 0.6 is 0 Å². The van der Waals surface area contributed by atoms with Crippen LogP contribution in [0.5, 0.6) is 0 Å². The van der Waals surface area contributed by atoms with E-state index in [9.17, 15) is 0 Å². The number of nitrogens with zero attached hydrogens (tertiary/aromatic N) is 8. The van der Waals surface area contributed by atoms with E-state index in [-0.39, 0.29) is 0 Å². The second kappa shape index (κ2) is 7.46. The third-order valence-corrected chi connectivity index (χ3v) is 5.50. The third kappa shape index (κ3) is 3.43. The molecule has 1 fully saturated rings. The molecule has 3 aromatic heterocycles. The normalized spacial score (nSPS) is 15.4. The first-order valence-corrected chi connectivity index (χ1v) is 9.60. The predicted octanol–water partition coefficient (Wildman–Crippen LogP) is 2.33. The molecule has 27 heavy (non-hydrogen) atoms. The van der Waals surface area contributed by atoms with E-state index in [0.717, 1.165) is 55.6 Å². The zero-order chi connectivity index (χ0) is 18.8. The number of aromatic nitrogens is 7. The van der Waals surface area contributed by atoms with E-state index in [4.69, 9.17) is 0 Å². The van der Waals surface area contributed by atoms with Gasteiger partial charge in [-0.15, -0.1) is 10.2 Å². The minimum atomic E-state index is 0.434. The van der Waals surface area contributed by atoms with E-state index in [2.05, 4.69) is 48.6 Å². The van der Waals surface area contributed by atoms with Gasteiger partial charge in [0.2, 0.25) is 0 Å². The SMILES string of the molecule is CCn1c(Cn2cccn2)nnc1C1CCN(c2ncnc(C)c2C)CC1. The van der Waals surface area contributed by atoms with E-state index < -0.39 is 0 Å². The summed E-state index contributed by atoms with van der Waals surface area (Å²) in [6.07, 6.45) is 7.53. The number of aryl methyl sites for hydroxylation is 1. The lowest BCUT2D eigenvalue weighted by Crippen LogP contribution is -2.35. The van der Waals surface area contributed by atoms with Crippen LogP contribution < -0.4 is 4.90 Å². The molecule has 0 amide bonds. The minimum absolute atomic E-state index is 0.434. The molecule has 0 unspecified atom stereocenters. The van der Waals surface area contributed by atoms with Crippen LogP contribution in [0.1, 0.15) is 48.6 Å². The lowest BCUT2D eigenvalue weighted by atomic mass is 9.95. The van der Waals surface area contributed by atoms with Gasteiger partial charge in [-0.1, -0.05) is 0 Å². The van der Waals surface area contributed by atoms with E-state index in [0.29, 0.717) is 12.5 Å². The van der Waals surface area contributed by atoms with Crippen molar-refractivity contribution in [2.24, 2.45) is 0 Å². The Bertz CT molecular complexity index is 891. The molecule has 8 nitrogen and oxygen atoms in total. The molecule has 1 aliphatic rings. The maximum atomic E-state index is 4.55. The minimum Gasteiger partial charge on any atom is -0.356 e. The molecule has 0 aromatic carbocycles. The van der Waals surface area contributed by atoms with Crippen LogP contribution in [-0.2, 0) is 13.1 Å². The van der Waals surface area contributed by atoms with Crippen LogP contribution in [0.3, 0.4) is 0 Å². The zero-order valence-corrected chi connectivity index (χ0v) is 16.2. The summed E-state index contributed by atoms with van der Waals surface area (Å²) in [6, 6.07) is 1.93. The van der Waals surface area contributed by atoms with Gasteiger partial charge in [0.1, 0.15) is 24.5 Å². The molecule has 0 saturated carbocycles. The van der Waals surface area contributed by atoms with Gasteiger partial charge in [0.25, 0.3) is 0 Å². The summed E-state index contributed by atoms with van der Waals surface area (Å²) in [4.78, 5) is 11.2. The fourth-order valence-electron chi connectivity index (χ4n) is 3.85. The number of anilines is 1. The highest BCUT2D eigenvalue weighted by molar-refractivity contribution is 5.47. The van der Waals surface area contributed by atoms with Crippen molar-refractivity contribution in [3.05, 3.63) is 47.7 Å². The Labute approximate surface area is 159 Å². The van der Waals surface area contributed by atoms with Crippen LogP contribution in [-0.4, -0.2) is 47.6 Å². The Hall–Kier alpha value is -2.77. The van der Waals surface area contributed by atoms with Gasteiger partial charge < -0.3 is 9.47 Å². The maximum absolute atomic E-state index is 4.55. The van der Waals surface area contributed by atoms with Crippen LogP contribution in [0, 0.1) is 13.8 Å². The van der Waals surface area contributed by atoms with Gasteiger partial charge in [-0.25, -0.2) is 9.97 Å². The molecule has 0 bridgehead atoms. The summed E-state index contributed by atoms with van der Waals surface area (Å²) >= 11 is 0. The van der Waals surface area contributed by atoms with Crippen molar-refractivity contribution < 1.29 is 0 Å². The highest BCUT2D eigenvalue weighted by atomic mass is 15.3. The second-order valence-electron chi connectivity index (χ2n) is 7.09. The van der Waals surface area contributed by atoms with Gasteiger partial charge in [-0.05, 0) is 39.7 Å². The monoisotopic (exact) mass is 366 g/mol. The van der Waals surface area contributed by atoms with Crippen molar-refractivity contribution in [1.82, 2.24) is 34.5 Å². The standard InChI is InChI=1S/C19H26N8/c1-4-27-17(12-26-9-5-8-22-26)23-24-19(27)16-6-10-25(11-7-16)18-14(2)15(3)20-13-21-18/h5,8-9,13,16H,4,6-7,10-12H2,1-3H3. The average molecular weight is 366 g/mol. The predicted molar refractivity (Wildman–Crippen MR) is 103 cm³/mol. The molecule has 0 atom stereocenters. The highest BCUT2D eigenvalue weighted by Gasteiger charge is 2.27. The summed E-state index contributed by atoms with van der Waals surface area (Å²) in [5.74, 6) is 3.58. The van der Waals surface area contributed by atoms with Crippen LogP contribution in [0.4, 0.5) is 5.82 Å². The molecule has 1 saturated heterocycles. The summed E-state index contributed by atoms with van der Waals surface area (Å²) in [7, 11) is 0. The van der Waals surface area contributed by atoms with Crippen LogP contribution in [0.2, 0.25) is 0 Å². The lowest BCUT2D eigenvalue weighted by molar-refractivity contribution is 0.460. The molecule has 142 valence electrons. The van der Waals surface area contributed by atoms with Crippen molar-refractivity contribution in [3.63, 3.8) is 0 Å². The maximum Gasteiger partial charge on any atom is 0.154 e.